The Morgan fingerprint density at radius 1 is 1.00 bits per heavy atom. The Bertz CT molecular complexity index is 1360. The largest absolute Gasteiger partial charge is 0.495 e. The van der Waals surface area contributed by atoms with Gasteiger partial charge in [0.1, 0.15) is 11.6 Å². The van der Waals surface area contributed by atoms with Gasteiger partial charge in [-0.25, -0.2) is 9.67 Å². The van der Waals surface area contributed by atoms with E-state index in [0.717, 1.165) is 39.6 Å². The van der Waals surface area contributed by atoms with Crippen LogP contribution in [0.1, 0.15) is 11.3 Å². The van der Waals surface area contributed by atoms with E-state index in [2.05, 4.69) is 37.7 Å². The molecular formula is C25H24ClN7O. The van der Waals surface area contributed by atoms with Gasteiger partial charge in [-0.3, -0.25) is 0 Å². The van der Waals surface area contributed by atoms with Gasteiger partial charge in [0, 0.05) is 30.7 Å². The van der Waals surface area contributed by atoms with Crippen molar-refractivity contribution >= 4 is 18.2 Å². The minimum absolute atomic E-state index is 0. The fourth-order valence-corrected chi connectivity index (χ4v) is 3.61. The normalized spacial score (nSPS) is 10.5. The van der Waals surface area contributed by atoms with E-state index in [1.807, 2.05) is 77.1 Å². The van der Waals surface area contributed by atoms with E-state index >= 15 is 0 Å². The summed E-state index contributed by atoms with van der Waals surface area (Å²) in [5.41, 5.74) is 5.72. The summed E-state index contributed by atoms with van der Waals surface area (Å²) in [7, 11) is 1.66. The maximum absolute atomic E-state index is 5.60. The molecule has 5 aromatic rings. The Balaban J connectivity index is 0.00000274. The highest BCUT2D eigenvalue weighted by molar-refractivity contribution is 5.85. The van der Waals surface area contributed by atoms with Gasteiger partial charge >= 0.3 is 0 Å². The molecule has 1 N–H and O–H groups in total. The monoisotopic (exact) mass is 473 g/mol. The highest BCUT2D eigenvalue weighted by atomic mass is 35.5. The first kappa shape index (κ1) is 23.0. The molecule has 0 unspecified atom stereocenters. The zero-order valence-corrected chi connectivity index (χ0v) is 19.6. The lowest BCUT2D eigenvalue weighted by molar-refractivity contribution is 0.413. The van der Waals surface area contributed by atoms with Crippen molar-refractivity contribution in [3.05, 3.63) is 96.8 Å². The highest BCUT2D eigenvalue weighted by Gasteiger charge is 2.10. The third kappa shape index (κ3) is 4.92. The van der Waals surface area contributed by atoms with E-state index in [9.17, 15) is 0 Å². The fraction of sp³-hybridized carbons (Fsp3) is 0.120. The van der Waals surface area contributed by atoms with E-state index < -0.39 is 0 Å². The van der Waals surface area contributed by atoms with Gasteiger partial charge in [-0.05, 0) is 55.0 Å². The van der Waals surface area contributed by atoms with Gasteiger partial charge in [-0.2, -0.15) is 5.10 Å². The van der Waals surface area contributed by atoms with Crippen LogP contribution in [0.3, 0.4) is 0 Å². The lowest BCUT2D eigenvalue weighted by Gasteiger charge is -2.11. The zero-order valence-electron chi connectivity index (χ0n) is 18.8. The number of anilines is 1. The number of aryl methyl sites for hydroxylation is 1. The predicted molar refractivity (Wildman–Crippen MR) is 134 cm³/mol. The molecule has 0 saturated carbocycles. The highest BCUT2D eigenvalue weighted by Crippen LogP contribution is 2.29. The van der Waals surface area contributed by atoms with Crippen LogP contribution in [0, 0.1) is 6.92 Å². The molecular weight excluding hydrogens is 450 g/mol. The Morgan fingerprint density at radius 3 is 2.62 bits per heavy atom. The number of aromatic nitrogens is 6. The van der Waals surface area contributed by atoms with Crippen molar-refractivity contribution in [2.45, 2.75) is 13.5 Å². The van der Waals surface area contributed by atoms with Crippen molar-refractivity contribution in [3.8, 4) is 28.4 Å². The summed E-state index contributed by atoms with van der Waals surface area (Å²) < 4.78 is 9.38. The Hall–Kier alpha value is -4.17. The van der Waals surface area contributed by atoms with Crippen LogP contribution in [0.4, 0.5) is 5.82 Å². The quantitative estimate of drug-likeness (QED) is 0.363. The second-order valence-corrected chi connectivity index (χ2v) is 7.59. The molecule has 34 heavy (non-hydrogen) atoms. The third-order valence-corrected chi connectivity index (χ3v) is 5.28. The van der Waals surface area contributed by atoms with Crippen molar-refractivity contribution in [1.82, 2.24) is 29.5 Å². The Kier molecular flexibility index (Phi) is 6.89. The molecule has 2 aromatic carbocycles. The molecule has 0 bridgehead atoms. The SMILES string of the molecule is COc1cc(-c2ccc(NCc3cccc(-n4cccn4)c3)nn2)ccc1-n1cnc(C)c1.Cl. The second kappa shape index (κ2) is 10.2. The number of halogens is 1. The number of methoxy groups -OCH3 is 1. The van der Waals surface area contributed by atoms with Gasteiger partial charge in [0.25, 0.3) is 0 Å². The summed E-state index contributed by atoms with van der Waals surface area (Å²) >= 11 is 0. The van der Waals surface area contributed by atoms with Gasteiger partial charge in [-0.1, -0.05) is 18.2 Å². The van der Waals surface area contributed by atoms with Gasteiger partial charge < -0.3 is 14.6 Å². The van der Waals surface area contributed by atoms with Crippen molar-refractivity contribution in [2.24, 2.45) is 0 Å². The minimum Gasteiger partial charge on any atom is -0.495 e. The molecule has 3 heterocycles. The van der Waals surface area contributed by atoms with Gasteiger partial charge in [-0.15, -0.1) is 22.6 Å². The number of nitrogens with zero attached hydrogens (tertiary/aromatic N) is 6. The smallest absolute Gasteiger partial charge is 0.148 e. The molecule has 8 nitrogen and oxygen atoms in total. The van der Waals surface area contributed by atoms with Crippen LogP contribution in [0.5, 0.6) is 5.75 Å². The lowest BCUT2D eigenvalue weighted by atomic mass is 10.1. The standard InChI is InChI=1S/C25H23N7O.ClH/c1-18-16-31(17-27-18)23-9-7-20(14-24(23)33-2)22-8-10-25(30-29-22)26-15-19-5-3-6-21(13-19)32-12-4-11-28-32;/h3-14,16-17H,15H2,1-2H3,(H,26,30);1H. The van der Waals surface area contributed by atoms with Crippen LogP contribution in [0.15, 0.2) is 85.6 Å². The van der Waals surface area contributed by atoms with Crippen molar-refractivity contribution in [2.75, 3.05) is 12.4 Å². The maximum Gasteiger partial charge on any atom is 0.148 e. The summed E-state index contributed by atoms with van der Waals surface area (Å²) in [6.45, 7) is 2.59. The van der Waals surface area contributed by atoms with Gasteiger partial charge in [0.2, 0.25) is 0 Å². The number of benzene rings is 2. The fourth-order valence-electron chi connectivity index (χ4n) is 3.61. The number of imidazole rings is 1. The minimum atomic E-state index is 0. The number of nitrogens with one attached hydrogen (secondary N) is 1. The first-order chi connectivity index (χ1) is 16.2. The Morgan fingerprint density at radius 2 is 1.91 bits per heavy atom. The first-order valence-electron chi connectivity index (χ1n) is 10.6. The number of hydrogen-bond acceptors (Lipinski definition) is 6. The summed E-state index contributed by atoms with van der Waals surface area (Å²) in [5, 5.41) is 16.4. The van der Waals surface area contributed by atoms with Crippen LogP contribution in [-0.4, -0.2) is 36.6 Å². The van der Waals surface area contributed by atoms with Crippen LogP contribution in [0.2, 0.25) is 0 Å². The molecule has 0 aliphatic carbocycles. The molecule has 0 saturated heterocycles. The van der Waals surface area contributed by atoms with Crippen LogP contribution < -0.4 is 10.1 Å². The van der Waals surface area contributed by atoms with E-state index in [1.54, 1.807) is 19.6 Å². The molecule has 3 aromatic heterocycles. The maximum atomic E-state index is 5.60. The molecule has 172 valence electrons. The van der Waals surface area contributed by atoms with E-state index in [4.69, 9.17) is 4.74 Å². The third-order valence-electron chi connectivity index (χ3n) is 5.28. The molecule has 0 amide bonds. The molecule has 0 radical (unpaired) electrons. The van der Waals surface area contributed by atoms with Crippen molar-refractivity contribution < 1.29 is 4.74 Å². The molecule has 0 spiro atoms. The van der Waals surface area contributed by atoms with E-state index in [1.165, 1.54) is 0 Å². The van der Waals surface area contributed by atoms with Crippen molar-refractivity contribution in [1.29, 1.82) is 0 Å². The number of rotatable bonds is 7. The lowest BCUT2D eigenvalue weighted by Crippen LogP contribution is -2.04. The number of ether oxygens (including phenoxy) is 1. The first-order valence-corrected chi connectivity index (χ1v) is 10.6. The molecule has 5 rings (SSSR count). The molecule has 0 aliphatic rings. The van der Waals surface area contributed by atoms with Gasteiger partial charge in [0.15, 0.2) is 0 Å². The average Bonchev–Trinajstić information content (AvgIpc) is 3.55. The molecule has 0 atom stereocenters. The summed E-state index contributed by atoms with van der Waals surface area (Å²) in [4.78, 5) is 4.29. The van der Waals surface area contributed by atoms with E-state index in [0.29, 0.717) is 12.4 Å². The summed E-state index contributed by atoms with van der Waals surface area (Å²) in [6, 6.07) is 20.0. The second-order valence-electron chi connectivity index (χ2n) is 7.59. The van der Waals surface area contributed by atoms with Crippen LogP contribution in [-0.2, 0) is 6.54 Å². The zero-order chi connectivity index (χ0) is 22.6. The summed E-state index contributed by atoms with van der Waals surface area (Å²) in [6.07, 6.45) is 7.43. The van der Waals surface area contributed by atoms with Crippen LogP contribution in [0.25, 0.3) is 22.6 Å². The Labute approximate surface area is 203 Å². The van der Waals surface area contributed by atoms with Gasteiger partial charge in [0.05, 0.1) is 36.2 Å². The molecule has 0 fully saturated rings. The topological polar surface area (TPSA) is 82.7 Å². The van der Waals surface area contributed by atoms with Crippen molar-refractivity contribution in [3.63, 3.8) is 0 Å². The molecule has 0 aliphatic heterocycles. The molecule has 9 heteroatoms. The van der Waals surface area contributed by atoms with E-state index in [-0.39, 0.29) is 12.4 Å². The summed E-state index contributed by atoms with van der Waals surface area (Å²) in [5.74, 6) is 1.45. The predicted octanol–water partition coefficient (Wildman–Crippen LogP) is 4.87. The number of hydrogen-bond donors (Lipinski definition) is 1. The average molecular weight is 474 g/mol. The van der Waals surface area contributed by atoms with Crippen LogP contribution >= 0.6 is 12.4 Å².